The van der Waals surface area contributed by atoms with Crippen LogP contribution in [0.15, 0.2) is 101 Å². The van der Waals surface area contributed by atoms with Crippen molar-refractivity contribution in [3.63, 3.8) is 0 Å². The fraction of sp³-hybridized carbons (Fsp3) is 0.152. The first-order valence-corrected chi connectivity index (χ1v) is 13.6. The molecule has 1 amide bonds. The van der Waals surface area contributed by atoms with Crippen LogP contribution in [-0.4, -0.2) is 12.5 Å². The smallest absolute Gasteiger partial charge is 0.266 e. The molecule has 7 heteroatoms. The summed E-state index contributed by atoms with van der Waals surface area (Å²) in [4.78, 5) is 12.8. The van der Waals surface area contributed by atoms with Gasteiger partial charge in [-0.1, -0.05) is 64.5 Å². The molecule has 202 valence electrons. The number of aryl methyl sites for hydroxylation is 1. The Morgan fingerprint density at radius 3 is 2.35 bits per heavy atom. The number of benzene rings is 4. The molecule has 6 nitrogen and oxygen atoms in total. The van der Waals surface area contributed by atoms with Crippen molar-refractivity contribution in [2.45, 2.75) is 27.1 Å². The number of anilines is 1. The molecule has 1 N–H and O–H groups in total. The summed E-state index contributed by atoms with van der Waals surface area (Å²) >= 11 is 3.47. The van der Waals surface area contributed by atoms with Crippen LogP contribution in [-0.2, 0) is 18.0 Å². The van der Waals surface area contributed by atoms with Crippen molar-refractivity contribution < 1.29 is 19.0 Å². The van der Waals surface area contributed by atoms with Gasteiger partial charge in [0.25, 0.3) is 5.91 Å². The second-order valence-corrected chi connectivity index (χ2v) is 9.87. The minimum absolute atomic E-state index is 0.0389. The zero-order chi connectivity index (χ0) is 28.3. The molecule has 0 heterocycles. The van der Waals surface area contributed by atoms with E-state index in [1.165, 1.54) is 6.08 Å². The van der Waals surface area contributed by atoms with Gasteiger partial charge in [-0.25, -0.2) is 0 Å². The first kappa shape index (κ1) is 28.5. The van der Waals surface area contributed by atoms with Crippen molar-refractivity contribution in [3.8, 4) is 23.3 Å². The summed E-state index contributed by atoms with van der Waals surface area (Å²) in [5, 5.41) is 12.5. The van der Waals surface area contributed by atoms with E-state index in [-0.39, 0.29) is 12.2 Å². The summed E-state index contributed by atoms with van der Waals surface area (Å²) in [7, 11) is 0. The lowest BCUT2D eigenvalue weighted by atomic mass is 10.1. The predicted molar refractivity (Wildman–Crippen MR) is 160 cm³/mol. The molecule has 4 rings (SSSR count). The van der Waals surface area contributed by atoms with Gasteiger partial charge < -0.3 is 19.5 Å². The largest absolute Gasteiger partial charge is 0.490 e. The fourth-order valence-corrected chi connectivity index (χ4v) is 4.29. The van der Waals surface area contributed by atoms with Gasteiger partial charge in [-0.2, -0.15) is 5.26 Å². The van der Waals surface area contributed by atoms with Crippen molar-refractivity contribution >= 4 is 33.6 Å². The van der Waals surface area contributed by atoms with Crippen molar-refractivity contribution in [2.75, 3.05) is 11.9 Å². The normalized spacial score (nSPS) is 10.9. The van der Waals surface area contributed by atoms with Crippen molar-refractivity contribution in [1.82, 2.24) is 0 Å². The van der Waals surface area contributed by atoms with Crippen LogP contribution < -0.4 is 19.5 Å². The molecule has 0 bridgehead atoms. The average molecular weight is 598 g/mol. The number of hydrogen-bond acceptors (Lipinski definition) is 5. The molecule has 0 aliphatic rings. The predicted octanol–water partition coefficient (Wildman–Crippen LogP) is 7.86. The molecule has 0 atom stereocenters. The number of carbonyl (C=O) groups is 1. The molecule has 0 saturated heterocycles. The summed E-state index contributed by atoms with van der Waals surface area (Å²) in [6.07, 6.45) is 1.53. The van der Waals surface area contributed by atoms with Crippen LogP contribution in [0.5, 0.6) is 17.2 Å². The third-order valence-electron chi connectivity index (χ3n) is 5.85. The van der Waals surface area contributed by atoms with E-state index >= 15 is 0 Å². The minimum Gasteiger partial charge on any atom is -0.490 e. The molecule has 0 radical (unpaired) electrons. The Morgan fingerprint density at radius 1 is 0.850 bits per heavy atom. The number of ether oxygens (including phenoxy) is 3. The highest BCUT2D eigenvalue weighted by molar-refractivity contribution is 9.10. The van der Waals surface area contributed by atoms with E-state index in [0.717, 1.165) is 21.2 Å². The topological polar surface area (TPSA) is 80.6 Å². The number of nitriles is 1. The number of nitrogens with zero attached hydrogens (tertiary/aromatic N) is 1. The molecular weight excluding hydrogens is 568 g/mol. The number of hydrogen-bond donors (Lipinski definition) is 1. The van der Waals surface area contributed by atoms with Crippen LogP contribution >= 0.6 is 15.9 Å². The molecule has 0 aromatic heterocycles. The molecule has 4 aromatic rings. The van der Waals surface area contributed by atoms with Gasteiger partial charge in [0, 0.05) is 15.7 Å². The fourth-order valence-electron chi connectivity index (χ4n) is 3.92. The summed E-state index contributed by atoms with van der Waals surface area (Å²) in [6, 6.07) is 30.5. The van der Waals surface area contributed by atoms with E-state index < -0.39 is 5.91 Å². The van der Waals surface area contributed by atoms with Gasteiger partial charge >= 0.3 is 0 Å². The van der Waals surface area contributed by atoms with Crippen molar-refractivity contribution in [1.29, 1.82) is 5.26 Å². The first-order valence-electron chi connectivity index (χ1n) is 12.8. The van der Waals surface area contributed by atoms with Gasteiger partial charge in [0.05, 0.1) is 6.61 Å². The molecule has 0 fully saturated rings. The van der Waals surface area contributed by atoms with Crippen LogP contribution in [0.1, 0.15) is 29.2 Å². The number of carbonyl (C=O) groups excluding carboxylic acids is 1. The Bertz CT molecular complexity index is 1540. The third kappa shape index (κ3) is 7.98. The molecular formula is C33H29BrN2O4. The van der Waals surface area contributed by atoms with Gasteiger partial charge in [0.15, 0.2) is 11.5 Å². The maximum absolute atomic E-state index is 12.8. The van der Waals surface area contributed by atoms with Crippen LogP contribution in [0.4, 0.5) is 5.69 Å². The number of amides is 1. The summed E-state index contributed by atoms with van der Waals surface area (Å²) < 4.78 is 18.8. The third-order valence-corrected chi connectivity index (χ3v) is 6.35. The van der Waals surface area contributed by atoms with E-state index in [1.807, 2.05) is 92.7 Å². The summed E-state index contributed by atoms with van der Waals surface area (Å²) in [5.74, 6) is 1.32. The molecule has 0 aliphatic heterocycles. The van der Waals surface area contributed by atoms with E-state index in [0.29, 0.717) is 41.7 Å². The van der Waals surface area contributed by atoms with Crippen LogP contribution in [0.25, 0.3) is 6.08 Å². The Balaban J connectivity index is 1.50. The highest BCUT2D eigenvalue weighted by atomic mass is 79.9. The lowest BCUT2D eigenvalue weighted by Crippen LogP contribution is -2.13. The van der Waals surface area contributed by atoms with Crippen molar-refractivity contribution in [2.24, 2.45) is 0 Å². The van der Waals surface area contributed by atoms with E-state index in [9.17, 15) is 10.1 Å². The lowest BCUT2D eigenvalue weighted by molar-refractivity contribution is -0.112. The average Bonchev–Trinajstić information content (AvgIpc) is 2.95. The molecule has 0 unspecified atom stereocenters. The quantitative estimate of drug-likeness (QED) is 0.141. The minimum atomic E-state index is -0.494. The standard InChI is InChI=1S/C33H29BrN2O4/c1-3-38-32-17-25(12-14-31(32)40-21-24-9-5-4-6-10-24)22-39-30-15-13-28(34)19-26(30)18-27(20-35)33(37)36-29-11-7-8-23(2)16-29/h4-19H,3,21-22H2,1-2H3,(H,36,37)/b27-18+. The summed E-state index contributed by atoms with van der Waals surface area (Å²) in [6.45, 7) is 5.04. The Labute approximate surface area is 243 Å². The Hall–Kier alpha value is -4.54. The second-order valence-electron chi connectivity index (χ2n) is 8.95. The lowest BCUT2D eigenvalue weighted by Gasteiger charge is -2.15. The number of rotatable bonds is 11. The maximum atomic E-state index is 12.8. The van der Waals surface area contributed by atoms with Crippen LogP contribution in [0.2, 0.25) is 0 Å². The van der Waals surface area contributed by atoms with Gasteiger partial charge in [-0.3, -0.25) is 4.79 Å². The van der Waals surface area contributed by atoms with Gasteiger partial charge in [0.1, 0.15) is 30.6 Å². The zero-order valence-electron chi connectivity index (χ0n) is 22.3. The maximum Gasteiger partial charge on any atom is 0.266 e. The van der Waals surface area contributed by atoms with E-state index in [1.54, 1.807) is 18.2 Å². The van der Waals surface area contributed by atoms with Gasteiger partial charge in [-0.05, 0) is 79.1 Å². The monoisotopic (exact) mass is 596 g/mol. The number of halogens is 1. The SMILES string of the molecule is CCOc1cc(COc2ccc(Br)cc2/C=C(\C#N)C(=O)Nc2cccc(C)c2)ccc1OCc1ccccc1. The first-order chi connectivity index (χ1) is 19.4. The molecule has 0 aliphatic carbocycles. The van der Waals surface area contributed by atoms with E-state index in [4.69, 9.17) is 14.2 Å². The second kappa shape index (κ2) is 14.0. The van der Waals surface area contributed by atoms with E-state index in [2.05, 4.69) is 21.2 Å². The highest BCUT2D eigenvalue weighted by Gasteiger charge is 2.13. The highest BCUT2D eigenvalue weighted by Crippen LogP contribution is 2.31. The Morgan fingerprint density at radius 2 is 1.60 bits per heavy atom. The summed E-state index contributed by atoms with van der Waals surface area (Å²) in [5.41, 5.74) is 4.13. The molecule has 40 heavy (non-hydrogen) atoms. The van der Waals surface area contributed by atoms with Crippen LogP contribution in [0, 0.1) is 18.3 Å². The number of nitrogens with one attached hydrogen (secondary N) is 1. The molecule has 0 spiro atoms. The van der Waals surface area contributed by atoms with Gasteiger partial charge in [-0.15, -0.1) is 0 Å². The zero-order valence-corrected chi connectivity index (χ0v) is 23.9. The molecule has 0 saturated carbocycles. The molecule has 4 aromatic carbocycles. The van der Waals surface area contributed by atoms with Crippen molar-refractivity contribution in [3.05, 3.63) is 123 Å². The Kier molecular flexibility index (Phi) is 9.98. The van der Waals surface area contributed by atoms with Crippen LogP contribution in [0.3, 0.4) is 0 Å². The van der Waals surface area contributed by atoms with Gasteiger partial charge in [0.2, 0.25) is 0 Å².